The van der Waals surface area contributed by atoms with E-state index in [1.54, 1.807) is 25.3 Å². The molecule has 0 bridgehead atoms. The number of amides is 2. The molecule has 7 heteroatoms. The molecule has 3 aliphatic heterocycles. The molecule has 2 saturated heterocycles. The molecular weight excluding hydrogens is 320 g/mol. The third-order valence-electron chi connectivity index (χ3n) is 5.77. The first-order chi connectivity index (χ1) is 12.0. The first-order valence-electron chi connectivity index (χ1n) is 8.93. The lowest BCUT2D eigenvalue weighted by Crippen LogP contribution is -2.47. The molecule has 2 atom stereocenters. The normalized spacial score (nSPS) is 27.5. The van der Waals surface area contributed by atoms with E-state index in [4.69, 9.17) is 4.74 Å². The summed E-state index contributed by atoms with van der Waals surface area (Å²) in [5.74, 6) is 0.574. The fourth-order valence-corrected chi connectivity index (χ4v) is 4.25. The highest BCUT2D eigenvalue weighted by atomic mass is 16.5. The van der Waals surface area contributed by atoms with Crippen LogP contribution in [0.4, 0.5) is 0 Å². The van der Waals surface area contributed by atoms with Gasteiger partial charge in [0.15, 0.2) is 0 Å². The summed E-state index contributed by atoms with van der Waals surface area (Å²) >= 11 is 0. The van der Waals surface area contributed by atoms with Gasteiger partial charge in [0, 0.05) is 52.4 Å². The molecule has 1 aromatic heterocycles. The van der Waals surface area contributed by atoms with E-state index < -0.39 is 0 Å². The van der Waals surface area contributed by atoms with Gasteiger partial charge in [0.1, 0.15) is 11.7 Å². The topological polar surface area (TPSA) is 66.0 Å². The molecule has 0 N–H and O–H groups in total. The number of hydrogen-bond donors (Lipinski definition) is 0. The standard InChI is InChI=1S/C18H24N4O3/c1-12(23)21-8-5-13(6-9-21)22-10-15-16(11-22)25-17-14(4-3-7-19-17)18(24)20(15)2/h3-4,7,13,15-16H,5-6,8-11H2,1-2H3. The van der Waals surface area contributed by atoms with E-state index in [1.165, 1.54) is 0 Å². The quantitative estimate of drug-likeness (QED) is 0.747. The Labute approximate surface area is 147 Å². The Hall–Kier alpha value is -2.15. The van der Waals surface area contributed by atoms with Gasteiger partial charge in [0.2, 0.25) is 11.8 Å². The summed E-state index contributed by atoms with van der Waals surface area (Å²) in [6.07, 6.45) is 3.56. The smallest absolute Gasteiger partial charge is 0.259 e. The molecule has 25 heavy (non-hydrogen) atoms. The molecule has 1 aromatic rings. The van der Waals surface area contributed by atoms with Crippen molar-refractivity contribution in [3.05, 3.63) is 23.9 Å². The molecule has 0 radical (unpaired) electrons. The first-order valence-corrected chi connectivity index (χ1v) is 8.93. The molecule has 0 aromatic carbocycles. The second-order valence-corrected chi connectivity index (χ2v) is 7.19. The van der Waals surface area contributed by atoms with E-state index in [0.29, 0.717) is 17.5 Å². The molecule has 2 fully saturated rings. The third-order valence-corrected chi connectivity index (χ3v) is 5.77. The van der Waals surface area contributed by atoms with Gasteiger partial charge in [-0.2, -0.15) is 0 Å². The van der Waals surface area contributed by atoms with Crippen molar-refractivity contribution in [2.45, 2.75) is 38.0 Å². The summed E-state index contributed by atoms with van der Waals surface area (Å²) in [7, 11) is 1.85. The van der Waals surface area contributed by atoms with Crippen LogP contribution in [0.1, 0.15) is 30.1 Å². The molecule has 0 saturated carbocycles. The van der Waals surface area contributed by atoms with Gasteiger partial charge in [-0.05, 0) is 25.0 Å². The minimum Gasteiger partial charge on any atom is -0.470 e. The predicted molar refractivity (Wildman–Crippen MR) is 91.4 cm³/mol. The molecule has 3 aliphatic rings. The van der Waals surface area contributed by atoms with Gasteiger partial charge in [0.05, 0.1) is 6.04 Å². The highest BCUT2D eigenvalue weighted by molar-refractivity contribution is 5.96. The molecule has 0 aliphatic carbocycles. The third kappa shape index (κ3) is 2.86. The van der Waals surface area contributed by atoms with Crippen LogP contribution in [0.25, 0.3) is 0 Å². The van der Waals surface area contributed by atoms with Gasteiger partial charge in [-0.25, -0.2) is 4.98 Å². The van der Waals surface area contributed by atoms with Gasteiger partial charge in [-0.3, -0.25) is 14.5 Å². The van der Waals surface area contributed by atoms with E-state index in [0.717, 1.165) is 39.0 Å². The Balaban J connectivity index is 1.48. The molecule has 0 spiro atoms. The zero-order valence-electron chi connectivity index (χ0n) is 14.7. The average molecular weight is 344 g/mol. The number of carbonyl (C=O) groups excluding carboxylic acids is 2. The highest BCUT2D eigenvalue weighted by Crippen LogP contribution is 2.31. The number of piperidine rings is 1. The Kier molecular flexibility index (Phi) is 4.11. The maximum Gasteiger partial charge on any atom is 0.259 e. The Bertz CT molecular complexity index is 687. The van der Waals surface area contributed by atoms with E-state index >= 15 is 0 Å². The predicted octanol–water partition coefficient (Wildman–Crippen LogP) is 0.610. The number of rotatable bonds is 1. The van der Waals surface area contributed by atoms with Crippen LogP contribution in [0, 0.1) is 0 Å². The molecule has 134 valence electrons. The number of ether oxygens (including phenoxy) is 1. The zero-order valence-corrected chi connectivity index (χ0v) is 14.7. The monoisotopic (exact) mass is 344 g/mol. The Morgan fingerprint density at radius 2 is 2.04 bits per heavy atom. The summed E-state index contributed by atoms with van der Waals surface area (Å²) in [4.78, 5) is 34.6. The minimum atomic E-state index is -0.0593. The minimum absolute atomic E-state index is 0.0242. The van der Waals surface area contributed by atoms with Crippen molar-refractivity contribution >= 4 is 11.8 Å². The van der Waals surface area contributed by atoms with E-state index in [-0.39, 0.29) is 24.0 Å². The summed E-state index contributed by atoms with van der Waals surface area (Å²) in [5.41, 5.74) is 0.542. The van der Waals surface area contributed by atoms with Crippen molar-refractivity contribution in [3.63, 3.8) is 0 Å². The van der Waals surface area contributed by atoms with Gasteiger partial charge in [-0.15, -0.1) is 0 Å². The SMILES string of the molecule is CC(=O)N1CCC(N2CC3Oc4ncccc4C(=O)N(C)C3C2)CC1. The molecular formula is C18H24N4O3. The maximum atomic E-state index is 12.7. The van der Waals surface area contributed by atoms with E-state index in [2.05, 4.69) is 9.88 Å². The zero-order chi connectivity index (χ0) is 17.6. The maximum absolute atomic E-state index is 12.7. The lowest BCUT2D eigenvalue weighted by molar-refractivity contribution is -0.130. The molecule has 4 heterocycles. The van der Waals surface area contributed by atoms with Gasteiger partial charge in [0.25, 0.3) is 5.91 Å². The second kappa shape index (κ2) is 6.29. The Morgan fingerprint density at radius 3 is 2.76 bits per heavy atom. The molecule has 7 nitrogen and oxygen atoms in total. The summed E-state index contributed by atoms with van der Waals surface area (Å²) in [6.45, 7) is 4.86. The fourth-order valence-electron chi connectivity index (χ4n) is 4.25. The number of hydrogen-bond acceptors (Lipinski definition) is 5. The molecule has 2 unspecified atom stereocenters. The van der Waals surface area contributed by atoms with Crippen molar-refractivity contribution in [1.82, 2.24) is 19.7 Å². The number of likely N-dealkylation sites (N-methyl/N-ethyl adjacent to an activating group) is 1. The summed E-state index contributed by atoms with van der Waals surface area (Å²) < 4.78 is 6.12. The van der Waals surface area contributed by atoms with Crippen molar-refractivity contribution in [2.24, 2.45) is 0 Å². The van der Waals surface area contributed by atoms with Crippen LogP contribution in [0.3, 0.4) is 0 Å². The van der Waals surface area contributed by atoms with Crippen LogP contribution >= 0.6 is 0 Å². The second-order valence-electron chi connectivity index (χ2n) is 7.19. The van der Waals surface area contributed by atoms with Crippen LogP contribution < -0.4 is 4.74 Å². The van der Waals surface area contributed by atoms with Crippen molar-refractivity contribution in [2.75, 3.05) is 33.2 Å². The number of likely N-dealkylation sites (tertiary alicyclic amines) is 2. The largest absolute Gasteiger partial charge is 0.470 e. The summed E-state index contributed by atoms with van der Waals surface area (Å²) in [5, 5.41) is 0. The van der Waals surface area contributed by atoms with Crippen LogP contribution in [-0.4, -0.2) is 82.9 Å². The number of pyridine rings is 1. The first kappa shape index (κ1) is 16.3. The lowest BCUT2D eigenvalue weighted by atomic mass is 10.0. The van der Waals surface area contributed by atoms with Crippen LogP contribution in [0.5, 0.6) is 5.88 Å². The van der Waals surface area contributed by atoms with Crippen molar-refractivity contribution in [3.8, 4) is 5.88 Å². The van der Waals surface area contributed by atoms with Gasteiger partial charge >= 0.3 is 0 Å². The number of nitrogens with zero attached hydrogens (tertiary/aromatic N) is 4. The average Bonchev–Trinajstić information content (AvgIpc) is 3.01. The van der Waals surface area contributed by atoms with E-state index in [1.807, 2.05) is 16.8 Å². The summed E-state index contributed by atoms with van der Waals surface area (Å²) in [6, 6.07) is 4.02. The van der Waals surface area contributed by atoms with Crippen molar-refractivity contribution in [1.29, 1.82) is 0 Å². The lowest BCUT2D eigenvalue weighted by Gasteiger charge is -2.36. The number of aromatic nitrogens is 1. The highest BCUT2D eigenvalue weighted by Gasteiger charge is 2.44. The van der Waals surface area contributed by atoms with E-state index in [9.17, 15) is 9.59 Å². The molecule has 2 amide bonds. The van der Waals surface area contributed by atoms with Crippen molar-refractivity contribution < 1.29 is 14.3 Å². The van der Waals surface area contributed by atoms with Crippen LogP contribution in [-0.2, 0) is 4.79 Å². The Morgan fingerprint density at radius 1 is 1.28 bits per heavy atom. The molecule has 4 rings (SSSR count). The van der Waals surface area contributed by atoms with Crippen LogP contribution in [0.15, 0.2) is 18.3 Å². The van der Waals surface area contributed by atoms with Gasteiger partial charge in [-0.1, -0.05) is 0 Å². The number of carbonyl (C=O) groups is 2. The fraction of sp³-hybridized carbons (Fsp3) is 0.611. The van der Waals surface area contributed by atoms with Crippen LogP contribution in [0.2, 0.25) is 0 Å². The number of fused-ring (bicyclic) bond motifs is 2. The van der Waals surface area contributed by atoms with Gasteiger partial charge < -0.3 is 14.5 Å².